The van der Waals surface area contributed by atoms with Crippen LogP contribution < -0.4 is 9.62 Å². The molecule has 1 N–H and O–H groups in total. The fourth-order valence-electron chi connectivity index (χ4n) is 3.96. The van der Waals surface area contributed by atoms with E-state index in [1.807, 2.05) is 52.0 Å². The standard InChI is InChI=1S/C29H35N3O4S/c1-21(2)30-29(34)24(5)31(19-25-11-9-10-23(4)18-25)28(33)20-32(26-12-7-6-8-13-26)37(35,36)27-16-14-22(3)15-17-27/h6-18,21,24H,19-20H2,1-5H3,(H,30,34)/t24-/m1/s1. The number of nitrogens with one attached hydrogen (secondary N) is 1. The Balaban J connectivity index is 2.00. The summed E-state index contributed by atoms with van der Waals surface area (Å²) in [6.45, 7) is 8.90. The average molecular weight is 522 g/mol. The minimum absolute atomic E-state index is 0.0885. The number of carbonyl (C=O) groups excluding carboxylic acids is 2. The Morgan fingerprint density at radius 1 is 0.838 bits per heavy atom. The van der Waals surface area contributed by atoms with E-state index in [-0.39, 0.29) is 23.4 Å². The average Bonchev–Trinajstić information content (AvgIpc) is 2.85. The molecular formula is C29H35N3O4S. The maximum Gasteiger partial charge on any atom is 0.264 e. The van der Waals surface area contributed by atoms with E-state index in [4.69, 9.17) is 0 Å². The summed E-state index contributed by atoms with van der Waals surface area (Å²) in [5, 5.41) is 2.86. The lowest BCUT2D eigenvalue weighted by molar-refractivity contribution is -0.139. The largest absolute Gasteiger partial charge is 0.352 e. The van der Waals surface area contributed by atoms with Gasteiger partial charge in [0.05, 0.1) is 10.6 Å². The van der Waals surface area contributed by atoms with Gasteiger partial charge >= 0.3 is 0 Å². The molecular weight excluding hydrogens is 486 g/mol. The zero-order chi connectivity index (χ0) is 27.2. The van der Waals surface area contributed by atoms with Crippen molar-refractivity contribution >= 4 is 27.5 Å². The summed E-state index contributed by atoms with van der Waals surface area (Å²) in [4.78, 5) is 28.3. The number of carbonyl (C=O) groups is 2. The molecule has 0 saturated heterocycles. The molecule has 0 unspecified atom stereocenters. The first-order valence-electron chi connectivity index (χ1n) is 12.3. The van der Waals surface area contributed by atoms with Gasteiger partial charge in [0.25, 0.3) is 10.0 Å². The van der Waals surface area contributed by atoms with Gasteiger partial charge in [0, 0.05) is 12.6 Å². The van der Waals surface area contributed by atoms with Crippen LogP contribution in [0.2, 0.25) is 0 Å². The van der Waals surface area contributed by atoms with Crippen LogP contribution in [0.5, 0.6) is 0 Å². The van der Waals surface area contributed by atoms with Crippen LogP contribution >= 0.6 is 0 Å². The lowest BCUT2D eigenvalue weighted by atomic mass is 10.1. The van der Waals surface area contributed by atoms with Crippen LogP contribution in [0.25, 0.3) is 0 Å². The van der Waals surface area contributed by atoms with Gasteiger partial charge in [0.15, 0.2) is 0 Å². The summed E-state index contributed by atoms with van der Waals surface area (Å²) in [7, 11) is -4.06. The third-order valence-corrected chi connectivity index (χ3v) is 7.75. The van der Waals surface area contributed by atoms with E-state index in [1.165, 1.54) is 17.0 Å². The van der Waals surface area contributed by atoms with Crippen molar-refractivity contribution < 1.29 is 18.0 Å². The van der Waals surface area contributed by atoms with E-state index in [0.29, 0.717) is 5.69 Å². The van der Waals surface area contributed by atoms with Crippen LogP contribution in [0.15, 0.2) is 83.8 Å². The number of sulfonamides is 1. The zero-order valence-electron chi connectivity index (χ0n) is 22.0. The van der Waals surface area contributed by atoms with Crippen LogP contribution in [0, 0.1) is 13.8 Å². The van der Waals surface area contributed by atoms with Gasteiger partial charge in [-0.25, -0.2) is 8.42 Å². The van der Waals surface area contributed by atoms with Gasteiger partial charge in [-0.1, -0.05) is 65.7 Å². The fraction of sp³-hybridized carbons (Fsp3) is 0.310. The van der Waals surface area contributed by atoms with Gasteiger partial charge in [-0.3, -0.25) is 13.9 Å². The Morgan fingerprint density at radius 2 is 1.49 bits per heavy atom. The molecule has 37 heavy (non-hydrogen) atoms. The topological polar surface area (TPSA) is 86.8 Å². The van der Waals surface area contributed by atoms with Crippen molar-refractivity contribution in [2.75, 3.05) is 10.8 Å². The number of aryl methyl sites for hydroxylation is 2. The minimum Gasteiger partial charge on any atom is -0.352 e. The first-order chi connectivity index (χ1) is 17.5. The first kappa shape index (κ1) is 27.9. The molecule has 7 nitrogen and oxygen atoms in total. The van der Waals surface area contributed by atoms with Gasteiger partial charge in [0.2, 0.25) is 11.8 Å². The molecule has 0 saturated carbocycles. The van der Waals surface area contributed by atoms with E-state index in [0.717, 1.165) is 21.0 Å². The van der Waals surface area contributed by atoms with Crippen molar-refractivity contribution in [3.8, 4) is 0 Å². The number of hydrogen-bond acceptors (Lipinski definition) is 4. The van der Waals surface area contributed by atoms with Gasteiger partial charge in [-0.2, -0.15) is 0 Å². The molecule has 196 valence electrons. The number of para-hydroxylation sites is 1. The van der Waals surface area contributed by atoms with Crippen molar-refractivity contribution in [2.24, 2.45) is 0 Å². The molecule has 0 bridgehead atoms. The van der Waals surface area contributed by atoms with Crippen LogP contribution in [0.1, 0.15) is 37.5 Å². The molecule has 0 aliphatic rings. The fourth-order valence-corrected chi connectivity index (χ4v) is 5.37. The Morgan fingerprint density at radius 3 is 2.08 bits per heavy atom. The highest BCUT2D eigenvalue weighted by Gasteiger charge is 2.32. The molecule has 0 spiro atoms. The quantitative estimate of drug-likeness (QED) is 0.427. The maximum absolute atomic E-state index is 13.8. The summed E-state index contributed by atoms with van der Waals surface area (Å²) >= 11 is 0. The van der Waals surface area contributed by atoms with E-state index in [1.54, 1.807) is 49.4 Å². The van der Waals surface area contributed by atoms with E-state index < -0.39 is 28.5 Å². The number of amides is 2. The SMILES string of the molecule is Cc1ccc(S(=O)(=O)N(CC(=O)N(Cc2cccc(C)c2)[C@H](C)C(=O)NC(C)C)c2ccccc2)cc1. The number of anilines is 1. The number of nitrogens with zero attached hydrogens (tertiary/aromatic N) is 2. The van der Waals surface area contributed by atoms with Crippen molar-refractivity contribution in [1.29, 1.82) is 0 Å². The molecule has 0 heterocycles. The van der Waals surface area contributed by atoms with Crippen molar-refractivity contribution in [2.45, 2.75) is 58.1 Å². The lowest BCUT2D eigenvalue weighted by Gasteiger charge is -2.32. The van der Waals surface area contributed by atoms with Crippen LogP contribution in [0.3, 0.4) is 0 Å². The summed E-state index contributed by atoms with van der Waals surface area (Å²) < 4.78 is 28.6. The normalized spacial score (nSPS) is 12.2. The van der Waals surface area contributed by atoms with Crippen LogP contribution in [0.4, 0.5) is 5.69 Å². The lowest BCUT2D eigenvalue weighted by Crippen LogP contribution is -2.52. The number of benzene rings is 3. The molecule has 0 aliphatic heterocycles. The van der Waals surface area contributed by atoms with E-state index in [9.17, 15) is 18.0 Å². The molecule has 3 aromatic rings. The molecule has 3 aromatic carbocycles. The smallest absolute Gasteiger partial charge is 0.264 e. The second kappa shape index (κ2) is 12.1. The third kappa shape index (κ3) is 7.20. The molecule has 3 rings (SSSR count). The molecule has 0 radical (unpaired) electrons. The van der Waals surface area contributed by atoms with E-state index in [2.05, 4.69) is 5.32 Å². The zero-order valence-corrected chi connectivity index (χ0v) is 22.8. The Bertz CT molecular complexity index is 1320. The highest BCUT2D eigenvalue weighted by Crippen LogP contribution is 2.24. The predicted octanol–water partition coefficient (Wildman–Crippen LogP) is 4.44. The maximum atomic E-state index is 13.8. The van der Waals surface area contributed by atoms with Crippen molar-refractivity contribution in [3.05, 3.63) is 95.6 Å². The molecule has 0 aliphatic carbocycles. The summed E-state index contributed by atoms with van der Waals surface area (Å²) in [6, 6.07) is 21.8. The summed E-state index contributed by atoms with van der Waals surface area (Å²) in [6.07, 6.45) is 0. The molecule has 0 fully saturated rings. The van der Waals surface area contributed by atoms with E-state index >= 15 is 0 Å². The second-order valence-corrected chi connectivity index (χ2v) is 11.4. The Labute approximate surface area is 220 Å². The van der Waals surface area contributed by atoms with Gasteiger partial charge < -0.3 is 10.2 Å². The van der Waals surface area contributed by atoms with Crippen molar-refractivity contribution in [1.82, 2.24) is 10.2 Å². The second-order valence-electron chi connectivity index (χ2n) is 9.51. The van der Waals surface area contributed by atoms with Gasteiger partial charge in [0.1, 0.15) is 12.6 Å². The minimum atomic E-state index is -4.06. The molecule has 8 heteroatoms. The number of hydrogen-bond donors (Lipinski definition) is 1. The van der Waals surface area contributed by atoms with Crippen molar-refractivity contribution in [3.63, 3.8) is 0 Å². The van der Waals surface area contributed by atoms with Crippen LogP contribution in [-0.2, 0) is 26.2 Å². The monoisotopic (exact) mass is 521 g/mol. The third-order valence-electron chi connectivity index (χ3n) is 5.97. The predicted molar refractivity (Wildman–Crippen MR) is 147 cm³/mol. The highest BCUT2D eigenvalue weighted by atomic mass is 32.2. The molecule has 1 atom stereocenters. The Hall–Kier alpha value is -3.65. The molecule has 0 aromatic heterocycles. The summed E-state index contributed by atoms with van der Waals surface area (Å²) in [5.74, 6) is -0.781. The number of rotatable bonds is 10. The Kier molecular flexibility index (Phi) is 9.10. The summed E-state index contributed by atoms with van der Waals surface area (Å²) in [5.41, 5.74) is 3.17. The molecule has 2 amide bonds. The van der Waals surface area contributed by atoms with Crippen LogP contribution in [-0.4, -0.2) is 43.8 Å². The first-order valence-corrected chi connectivity index (χ1v) is 13.7. The van der Waals surface area contributed by atoms with Gasteiger partial charge in [-0.05, 0) is 64.4 Å². The van der Waals surface area contributed by atoms with Gasteiger partial charge in [-0.15, -0.1) is 0 Å². The highest BCUT2D eigenvalue weighted by molar-refractivity contribution is 7.92.